The second kappa shape index (κ2) is 16.4. The van der Waals surface area contributed by atoms with Crippen LogP contribution in [0.1, 0.15) is 51.1 Å². The van der Waals surface area contributed by atoms with Crippen LogP contribution in [-0.2, 0) is 24.0 Å². The third-order valence-corrected chi connectivity index (χ3v) is 12.4. The van der Waals surface area contributed by atoms with E-state index in [1.165, 1.54) is 24.5 Å². The van der Waals surface area contributed by atoms with Gasteiger partial charge >= 0.3 is 0 Å². The molecule has 2 amide bonds. The van der Waals surface area contributed by atoms with Gasteiger partial charge in [-0.15, -0.1) is 11.8 Å². The molecule has 2 unspecified atom stereocenters. The van der Waals surface area contributed by atoms with Gasteiger partial charge in [0.25, 0.3) is 5.91 Å². The number of para-hydroxylation sites is 1. The Labute approximate surface area is 288 Å². The van der Waals surface area contributed by atoms with Crippen LogP contribution < -0.4 is 20.3 Å². The maximum atomic E-state index is 14.2. The zero-order valence-corrected chi connectivity index (χ0v) is 30.5. The fraction of sp³-hybridized carbons (Fsp3) is 0.429. The van der Waals surface area contributed by atoms with Crippen molar-refractivity contribution in [2.45, 2.75) is 55.4 Å². The lowest BCUT2D eigenvalue weighted by molar-refractivity contribution is -0.130. The highest BCUT2D eigenvalue weighted by Gasteiger charge is 2.42. The zero-order valence-electron chi connectivity index (χ0n) is 28.0. The van der Waals surface area contributed by atoms with Crippen LogP contribution in [0.25, 0.3) is 0 Å². The van der Waals surface area contributed by atoms with Crippen LogP contribution in [-0.4, -0.2) is 69.7 Å². The molecule has 3 aromatic rings. The monoisotopic (exact) mass is 715 g/mol. The fourth-order valence-corrected chi connectivity index (χ4v) is 9.17. The first-order valence-electron chi connectivity index (χ1n) is 16.1. The van der Waals surface area contributed by atoms with Crippen molar-refractivity contribution in [2.75, 3.05) is 49.4 Å². The lowest BCUT2D eigenvalue weighted by Crippen LogP contribution is -2.42. The molecular formula is C35H46N3O7PS2. The molecule has 260 valence electrons. The van der Waals surface area contributed by atoms with Crippen LogP contribution in [0.2, 0.25) is 0 Å². The molecule has 0 aromatic heterocycles. The minimum absolute atomic E-state index is 0.00298. The molecule has 0 radical (unpaired) electrons. The van der Waals surface area contributed by atoms with Crippen molar-refractivity contribution in [2.24, 2.45) is 5.41 Å². The summed E-state index contributed by atoms with van der Waals surface area (Å²) in [5, 5.41) is 5.33. The Kier molecular flexibility index (Phi) is 12.8. The first-order valence-corrected chi connectivity index (χ1v) is 21.3. The molecule has 3 atom stereocenters. The normalized spacial score (nSPS) is 18.9. The second-order valence-corrected chi connectivity index (χ2v) is 17.7. The minimum atomic E-state index is -3.76. The van der Waals surface area contributed by atoms with E-state index in [1.807, 2.05) is 42.7 Å². The Bertz CT molecular complexity index is 1720. The van der Waals surface area contributed by atoms with Gasteiger partial charge < -0.3 is 25.2 Å². The number of hydrogen-bond acceptors (Lipinski definition) is 8. The van der Waals surface area contributed by atoms with Crippen molar-refractivity contribution >= 4 is 52.2 Å². The quantitative estimate of drug-likeness (QED) is 0.124. The Balaban J connectivity index is 1.63. The summed E-state index contributed by atoms with van der Waals surface area (Å²) in [5.74, 6) is -0.869. The van der Waals surface area contributed by atoms with Crippen LogP contribution in [0.3, 0.4) is 0 Å². The molecule has 0 spiro atoms. The number of carbonyl (C=O) groups is 2. The standard InChI is InChI=1S/C35H46N3O7PS2/c1-5-7-18-35(6-2)24-38(27-16-12-9-13-17-27)28-21-30(47-4)29(22-31(28)48(43,44)25-35)45-23-32(39)37-33(26-14-10-8-11-15-26)34(40)36-19-20-46(3,41)42/h8-17,21-22,33H,5-7,18-20,23-25H2,1-4H3,(H,36,40)(H,37,39)(H,41,42)/t33-,35?/m1/s1. The van der Waals surface area contributed by atoms with Gasteiger partial charge in [-0.2, -0.15) is 0 Å². The Morgan fingerprint density at radius 2 is 1.75 bits per heavy atom. The van der Waals surface area contributed by atoms with Crippen molar-refractivity contribution in [1.82, 2.24) is 10.6 Å². The predicted octanol–water partition coefficient (Wildman–Crippen LogP) is 6.17. The minimum Gasteiger partial charge on any atom is -0.483 e. The molecule has 1 aliphatic rings. The van der Waals surface area contributed by atoms with Gasteiger partial charge in [0.05, 0.1) is 21.2 Å². The molecule has 1 heterocycles. The number of carbonyl (C=O) groups excluding carboxylic acids is 2. The molecule has 0 fully saturated rings. The first-order chi connectivity index (χ1) is 22.8. The molecule has 3 aromatic carbocycles. The summed E-state index contributed by atoms with van der Waals surface area (Å²) in [5.41, 5.74) is 1.55. The smallest absolute Gasteiger partial charge is 0.258 e. The summed E-state index contributed by atoms with van der Waals surface area (Å²) in [4.78, 5) is 38.8. The number of ether oxygens (including phenoxy) is 1. The topological polar surface area (TPSA) is 142 Å². The number of rotatable bonds is 15. The van der Waals surface area contributed by atoms with E-state index >= 15 is 0 Å². The molecule has 4 rings (SSSR count). The lowest BCUT2D eigenvalue weighted by atomic mass is 9.81. The number of thioether (sulfide) groups is 1. The summed E-state index contributed by atoms with van der Waals surface area (Å²) in [7, 11) is -7.09. The SMILES string of the molecule is CCCCC1(CC)CN(c2ccccc2)c2cc(SC)c(OCC(=O)N[C@@H](C(=O)NCCP(C)(=O)O)c3ccccc3)cc2S(=O)(=O)C1. The van der Waals surface area contributed by atoms with Gasteiger partial charge in [0.15, 0.2) is 23.8 Å². The summed E-state index contributed by atoms with van der Waals surface area (Å²) in [6.07, 6.45) is 5.13. The molecule has 0 saturated carbocycles. The highest BCUT2D eigenvalue weighted by Crippen LogP contribution is 2.47. The molecule has 0 bridgehead atoms. The molecular weight excluding hydrogens is 670 g/mol. The fourth-order valence-electron chi connectivity index (χ4n) is 5.92. The van der Waals surface area contributed by atoms with Crippen molar-refractivity contribution in [3.05, 3.63) is 78.4 Å². The highest BCUT2D eigenvalue weighted by molar-refractivity contribution is 7.98. The first kappa shape index (κ1) is 37.5. The van der Waals surface area contributed by atoms with Gasteiger partial charge in [0.1, 0.15) is 11.8 Å². The number of sulfone groups is 1. The number of amides is 2. The lowest BCUT2D eigenvalue weighted by Gasteiger charge is -2.36. The average Bonchev–Trinajstić information content (AvgIpc) is 3.16. The van der Waals surface area contributed by atoms with E-state index in [-0.39, 0.29) is 29.1 Å². The number of nitrogens with zero attached hydrogens (tertiary/aromatic N) is 1. The van der Waals surface area contributed by atoms with Gasteiger partial charge in [-0.3, -0.25) is 14.2 Å². The van der Waals surface area contributed by atoms with E-state index < -0.39 is 47.1 Å². The van der Waals surface area contributed by atoms with Crippen molar-refractivity contribution in [1.29, 1.82) is 0 Å². The summed E-state index contributed by atoms with van der Waals surface area (Å²) < 4.78 is 46.0. The number of fused-ring (bicyclic) bond motifs is 1. The number of hydrogen-bond donors (Lipinski definition) is 3. The van der Waals surface area contributed by atoms with Crippen LogP contribution >= 0.6 is 19.1 Å². The molecule has 13 heteroatoms. The van der Waals surface area contributed by atoms with E-state index in [0.29, 0.717) is 29.1 Å². The third-order valence-electron chi connectivity index (χ3n) is 8.62. The van der Waals surface area contributed by atoms with Crippen LogP contribution in [0, 0.1) is 5.41 Å². The van der Waals surface area contributed by atoms with Gasteiger partial charge in [-0.05, 0) is 42.9 Å². The molecule has 0 saturated heterocycles. The zero-order chi connectivity index (χ0) is 35.0. The second-order valence-electron chi connectivity index (χ2n) is 12.4. The van der Waals surface area contributed by atoms with E-state index in [0.717, 1.165) is 24.9 Å². The van der Waals surface area contributed by atoms with Crippen molar-refractivity contribution in [3.63, 3.8) is 0 Å². The van der Waals surface area contributed by atoms with Crippen molar-refractivity contribution in [3.8, 4) is 5.75 Å². The average molecular weight is 716 g/mol. The third kappa shape index (κ3) is 9.65. The van der Waals surface area contributed by atoms with E-state index in [9.17, 15) is 27.5 Å². The largest absolute Gasteiger partial charge is 0.483 e. The Hall–Kier alpha value is -3.31. The van der Waals surface area contributed by atoms with Gasteiger partial charge in [0, 0.05) is 43.1 Å². The maximum absolute atomic E-state index is 14.2. The summed E-state index contributed by atoms with van der Waals surface area (Å²) in [6, 6.07) is 20.7. The van der Waals surface area contributed by atoms with E-state index in [1.54, 1.807) is 30.3 Å². The van der Waals surface area contributed by atoms with Crippen LogP contribution in [0.5, 0.6) is 5.75 Å². The molecule has 1 aliphatic heterocycles. The molecule has 10 nitrogen and oxygen atoms in total. The Morgan fingerprint density at radius 1 is 1.08 bits per heavy atom. The molecule has 3 N–H and O–H groups in total. The van der Waals surface area contributed by atoms with Crippen LogP contribution in [0.4, 0.5) is 11.4 Å². The number of unbranched alkanes of at least 4 members (excludes halogenated alkanes) is 1. The van der Waals surface area contributed by atoms with Gasteiger partial charge in [-0.1, -0.05) is 75.2 Å². The van der Waals surface area contributed by atoms with Crippen LogP contribution in [0.15, 0.2) is 82.6 Å². The van der Waals surface area contributed by atoms with Gasteiger partial charge in [0.2, 0.25) is 5.91 Å². The van der Waals surface area contributed by atoms with Gasteiger partial charge in [-0.25, -0.2) is 8.42 Å². The summed E-state index contributed by atoms with van der Waals surface area (Å²) in [6.45, 7) is 5.43. The van der Waals surface area contributed by atoms with Crippen molar-refractivity contribution < 1.29 is 32.2 Å². The molecule has 48 heavy (non-hydrogen) atoms. The number of anilines is 2. The molecule has 0 aliphatic carbocycles. The number of benzene rings is 3. The van der Waals surface area contributed by atoms with E-state index in [2.05, 4.69) is 29.4 Å². The Morgan fingerprint density at radius 3 is 2.35 bits per heavy atom. The number of nitrogens with one attached hydrogen (secondary N) is 2. The maximum Gasteiger partial charge on any atom is 0.258 e. The summed E-state index contributed by atoms with van der Waals surface area (Å²) >= 11 is 1.38. The predicted molar refractivity (Wildman–Crippen MR) is 192 cm³/mol. The highest BCUT2D eigenvalue weighted by atomic mass is 32.2. The van der Waals surface area contributed by atoms with E-state index in [4.69, 9.17) is 4.74 Å².